The first-order valence-electron chi connectivity index (χ1n) is 11.5. The zero-order valence-corrected chi connectivity index (χ0v) is 21.4. The molecule has 6 N–H and O–H groups in total. The van der Waals surface area contributed by atoms with Gasteiger partial charge in [0.2, 0.25) is 5.96 Å². The first kappa shape index (κ1) is 25.5. The van der Waals surface area contributed by atoms with Crippen molar-refractivity contribution in [3.63, 3.8) is 0 Å². The van der Waals surface area contributed by atoms with Gasteiger partial charge >= 0.3 is 12.0 Å². The lowest BCUT2D eigenvalue weighted by Crippen LogP contribution is -2.37. The second-order valence-corrected chi connectivity index (χ2v) is 8.87. The van der Waals surface area contributed by atoms with Crippen molar-refractivity contribution in [1.82, 2.24) is 15.3 Å². The number of pyridine rings is 1. The number of hydrogen-bond acceptors (Lipinski definition) is 10. The molecular formula is C26H22ClN7O5. The number of nitrogens with two attached hydrogens (primary N) is 1. The fourth-order valence-electron chi connectivity index (χ4n) is 4.06. The predicted octanol–water partition coefficient (Wildman–Crippen LogP) is 4.19. The Hall–Kier alpha value is -5.10. The normalized spacial score (nSPS) is 14.9. The number of carbonyl (C=O) groups excluding carboxylic acids is 1. The van der Waals surface area contributed by atoms with E-state index < -0.39 is 17.9 Å². The summed E-state index contributed by atoms with van der Waals surface area (Å²) >= 11 is 6.59. The molecule has 1 atom stereocenters. The van der Waals surface area contributed by atoms with Crippen LogP contribution in [-0.4, -0.2) is 40.0 Å². The standard InChI is InChI=1S/C26H22ClN7O5/c1-12-20(23(35)32-19-10-13(24(36)37)8-9-29-19)21(15-7-6-14(38-2)11-16(15)27)33-25(30-12)34-26-31-18-5-3-4-17(28)22(18)39-26/h3-11,21H,28H2,1-2H3,(H,36,37)(H,29,32,35)(H2,30,31,33,34)/t21-/m0/s1. The number of oxazole rings is 1. The molecule has 3 heterocycles. The van der Waals surface area contributed by atoms with Gasteiger partial charge in [0.05, 0.1) is 23.9 Å². The molecule has 0 aliphatic carbocycles. The highest BCUT2D eigenvalue weighted by Gasteiger charge is 2.31. The Bertz CT molecular complexity index is 1680. The molecule has 13 heteroatoms. The van der Waals surface area contributed by atoms with Crippen LogP contribution < -0.4 is 26.4 Å². The molecular weight excluding hydrogens is 526 g/mol. The van der Waals surface area contributed by atoms with Gasteiger partial charge in [0.25, 0.3) is 5.91 Å². The van der Waals surface area contributed by atoms with Crippen molar-refractivity contribution in [2.45, 2.75) is 13.0 Å². The number of aliphatic imine (C=N–C) groups is 1. The average Bonchev–Trinajstić information content (AvgIpc) is 3.32. The molecule has 0 spiro atoms. The van der Waals surface area contributed by atoms with Gasteiger partial charge < -0.3 is 30.6 Å². The van der Waals surface area contributed by atoms with E-state index in [1.54, 1.807) is 43.3 Å². The summed E-state index contributed by atoms with van der Waals surface area (Å²) in [5.41, 5.74) is 8.59. The monoisotopic (exact) mass is 547 g/mol. The zero-order chi connectivity index (χ0) is 27.7. The number of allylic oxidation sites excluding steroid dienone is 1. The minimum atomic E-state index is -1.15. The fourth-order valence-corrected chi connectivity index (χ4v) is 4.33. The lowest BCUT2D eigenvalue weighted by atomic mass is 9.95. The summed E-state index contributed by atoms with van der Waals surface area (Å²) < 4.78 is 11.0. The van der Waals surface area contributed by atoms with E-state index >= 15 is 0 Å². The number of rotatable bonds is 6. The topological polar surface area (TPSA) is 177 Å². The van der Waals surface area contributed by atoms with E-state index in [2.05, 4.69) is 25.9 Å². The van der Waals surface area contributed by atoms with E-state index in [9.17, 15) is 14.7 Å². The summed E-state index contributed by atoms with van der Waals surface area (Å²) in [4.78, 5) is 38.0. The Morgan fingerprint density at radius 1 is 1.21 bits per heavy atom. The van der Waals surface area contributed by atoms with Gasteiger partial charge in [-0.2, -0.15) is 4.98 Å². The number of methoxy groups -OCH3 is 1. The molecule has 2 aromatic heterocycles. The number of amides is 1. The van der Waals surface area contributed by atoms with E-state index in [1.807, 2.05) is 0 Å². The van der Waals surface area contributed by atoms with Gasteiger partial charge in [-0.1, -0.05) is 23.7 Å². The minimum Gasteiger partial charge on any atom is -0.497 e. The maximum Gasteiger partial charge on any atom is 0.335 e. The van der Waals surface area contributed by atoms with Gasteiger partial charge in [0, 0.05) is 22.5 Å². The van der Waals surface area contributed by atoms with Gasteiger partial charge in [-0.15, -0.1) is 0 Å². The zero-order valence-electron chi connectivity index (χ0n) is 20.7. The highest BCUT2D eigenvalue weighted by Crippen LogP contribution is 2.37. The molecule has 12 nitrogen and oxygen atoms in total. The number of nitrogens with one attached hydrogen (secondary N) is 3. The minimum absolute atomic E-state index is 0.0222. The number of benzene rings is 2. The van der Waals surface area contributed by atoms with E-state index in [0.29, 0.717) is 38.8 Å². The van der Waals surface area contributed by atoms with Crippen molar-refractivity contribution >= 4 is 58.1 Å². The van der Waals surface area contributed by atoms with Crippen LogP contribution in [0.4, 0.5) is 17.5 Å². The van der Waals surface area contributed by atoms with Crippen molar-refractivity contribution in [2.24, 2.45) is 4.99 Å². The second kappa shape index (κ2) is 10.3. The number of nitrogen functional groups attached to an aromatic ring is 1. The number of guanidine groups is 1. The average molecular weight is 548 g/mol. The fraction of sp³-hybridized carbons (Fsp3) is 0.115. The van der Waals surface area contributed by atoms with E-state index in [1.165, 1.54) is 25.4 Å². The van der Waals surface area contributed by atoms with Crippen molar-refractivity contribution in [3.8, 4) is 5.75 Å². The number of para-hydroxylation sites is 1. The van der Waals surface area contributed by atoms with Crippen LogP contribution in [0.25, 0.3) is 11.1 Å². The summed E-state index contributed by atoms with van der Waals surface area (Å²) in [5.74, 6) is -0.851. The summed E-state index contributed by atoms with van der Waals surface area (Å²) in [6.07, 6.45) is 1.30. The van der Waals surface area contributed by atoms with Crippen LogP contribution in [-0.2, 0) is 4.79 Å². The van der Waals surface area contributed by atoms with Crippen LogP contribution in [0, 0.1) is 0 Å². The molecule has 2 aromatic carbocycles. The Balaban J connectivity index is 1.51. The number of carboxylic acid groups (broad SMARTS) is 1. The van der Waals surface area contributed by atoms with E-state index in [4.69, 9.17) is 31.5 Å². The molecule has 1 aliphatic heterocycles. The molecule has 0 fully saturated rings. The predicted molar refractivity (Wildman–Crippen MR) is 146 cm³/mol. The Kier molecular flexibility index (Phi) is 6.77. The van der Waals surface area contributed by atoms with Crippen LogP contribution in [0.15, 0.2) is 75.4 Å². The van der Waals surface area contributed by atoms with Crippen molar-refractivity contribution in [3.05, 3.63) is 82.1 Å². The van der Waals surface area contributed by atoms with Gasteiger partial charge in [-0.25, -0.2) is 14.8 Å². The number of carbonyl (C=O) groups is 2. The number of hydrogen-bond donors (Lipinski definition) is 5. The summed E-state index contributed by atoms with van der Waals surface area (Å²) in [7, 11) is 1.52. The van der Waals surface area contributed by atoms with Gasteiger partial charge in [-0.05, 0) is 43.3 Å². The smallest absolute Gasteiger partial charge is 0.335 e. The highest BCUT2D eigenvalue weighted by molar-refractivity contribution is 6.31. The Morgan fingerprint density at radius 3 is 2.74 bits per heavy atom. The third-order valence-electron chi connectivity index (χ3n) is 5.91. The third-order valence-corrected chi connectivity index (χ3v) is 6.23. The largest absolute Gasteiger partial charge is 0.497 e. The molecule has 0 bridgehead atoms. The second-order valence-electron chi connectivity index (χ2n) is 8.46. The van der Waals surface area contributed by atoms with Crippen molar-refractivity contribution in [1.29, 1.82) is 0 Å². The first-order chi connectivity index (χ1) is 18.7. The van der Waals surface area contributed by atoms with Crippen LogP contribution in [0.3, 0.4) is 0 Å². The molecule has 198 valence electrons. The molecule has 0 unspecified atom stereocenters. The number of nitrogens with zero attached hydrogens (tertiary/aromatic N) is 3. The summed E-state index contributed by atoms with van der Waals surface area (Å²) in [6, 6.07) is 12.1. The van der Waals surface area contributed by atoms with Gasteiger partial charge in [0.1, 0.15) is 23.1 Å². The number of halogens is 1. The van der Waals surface area contributed by atoms with Gasteiger partial charge in [-0.3, -0.25) is 10.1 Å². The lowest BCUT2D eigenvalue weighted by molar-refractivity contribution is -0.113. The van der Waals surface area contributed by atoms with Crippen LogP contribution in [0.2, 0.25) is 5.02 Å². The number of anilines is 3. The Labute approximate surface area is 226 Å². The lowest BCUT2D eigenvalue weighted by Gasteiger charge is -2.27. The van der Waals surface area contributed by atoms with Crippen LogP contribution in [0.1, 0.15) is 28.9 Å². The number of ether oxygens (including phenoxy) is 1. The van der Waals surface area contributed by atoms with Gasteiger partial charge in [0.15, 0.2) is 5.58 Å². The number of aromatic nitrogens is 2. The molecule has 1 amide bonds. The molecule has 0 radical (unpaired) electrons. The van der Waals surface area contributed by atoms with Crippen LogP contribution in [0.5, 0.6) is 5.75 Å². The number of carboxylic acids is 1. The maximum absolute atomic E-state index is 13.5. The quantitative estimate of drug-likeness (QED) is 0.220. The van der Waals surface area contributed by atoms with Crippen molar-refractivity contribution < 1.29 is 23.8 Å². The molecule has 0 saturated heterocycles. The third kappa shape index (κ3) is 5.18. The highest BCUT2D eigenvalue weighted by atomic mass is 35.5. The van der Waals surface area contributed by atoms with E-state index in [0.717, 1.165) is 0 Å². The first-order valence-corrected chi connectivity index (χ1v) is 11.9. The molecule has 39 heavy (non-hydrogen) atoms. The Morgan fingerprint density at radius 2 is 2.03 bits per heavy atom. The summed E-state index contributed by atoms with van der Waals surface area (Å²) in [5, 5.41) is 18.3. The maximum atomic E-state index is 13.5. The van der Waals surface area contributed by atoms with Crippen LogP contribution >= 0.6 is 11.6 Å². The number of aromatic carboxylic acids is 1. The number of fused-ring (bicyclic) bond motifs is 1. The molecule has 4 aromatic rings. The molecule has 0 saturated carbocycles. The van der Waals surface area contributed by atoms with Crippen molar-refractivity contribution in [2.75, 3.05) is 23.5 Å². The molecule has 1 aliphatic rings. The van der Waals surface area contributed by atoms with E-state index in [-0.39, 0.29) is 28.9 Å². The SMILES string of the molecule is COc1ccc([C@@H]2N=C(Nc3nc4cccc(N)c4o3)NC(C)=C2C(=O)Nc2cc(C(=O)O)ccn2)c(Cl)c1. The molecule has 5 rings (SSSR count). The summed E-state index contributed by atoms with van der Waals surface area (Å²) in [6.45, 7) is 1.70.